The van der Waals surface area contributed by atoms with Crippen molar-refractivity contribution in [2.75, 3.05) is 13.2 Å². The van der Waals surface area contributed by atoms with Crippen molar-refractivity contribution in [3.8, 4) is 11.6 Å². The maximum atomic E-state index is 14.1. The maximum absolute atomic E-state index is 14.1. The van der Waals surface area contributed by atoms with Gasteiger partial charge < -0.3 is 14.8 Å². The van der Waals surface area contributed by atoms with Crippen molar-refractivity contribution in [1.29, 1.82) is 0 Å². The molecule has 0 saturated carbocycles. The van der Waals surface area contributed by atoms with Gasteiger partial charge in [0.25, 0.3) is 5.91 Å². The van der Waals surface area contributed by atoms with E-state index in [1.165, 1.54) is 16.6 Å². The maximum Gasteiger partial charge on any atom is 0.255 e. The molecule has 1 unspecified atom stereocenters. The molecule has 0 saturated heterocycles. The van der Waals surface area contributed by atoms with Gasteiger partial charge in [-0.15, -0.1) is 0 Å². The standard InChI is InChI=1S/C30H31F4N3O3/c1-5-11-30(4,17-40-20-9-10-24(33)25(34)14-20)16-35-29(38)28-19(3)36-37-26(28)12-18(2)13-27(37)39-15-21-22(31)7-6-8-23(21)32/h6-10,12-14H,5,11,15-17H2,1-4H3,(H,35,38). The number of benzene rings is 2. The molecule has 4 aromatic rings. The monoisotopic (exact) mass is 557 g/mol. The molecule has 1 amide bonds. The summed E-state index contributed by atoms with van der Waals surface area (Å²) in [4.78, 5) is 13.4. The molecule has 10 heteroatoms. The summed E-state index contributed by atoms with van der Waals surface area (Å²) in [6.45, 7) is 7.52. The van der Waals surface area contributed by atoms with E-state index >= 15 is 0 Å². The first-order valence-electron chi connectivity index (χ1n) is 12.9. The predicted octanol–water partition coefficient (Wildman–Crippen LogP) is 6.70. The van der Waals surface area contributed by atoms with Crippen molar-refractivity contribution in [3.05, 3.63) is 94.2 Å². The summed E-state index contributed by atoms with van der Waals surface area (Å²) in [6, 6.07) is 10.4. The van der Waals surface area contributed by atoms with Gasteiger partial charge in [0.2, 0.25) is 5.88 Å². The average Bonchev–Trinajstić information content (AvgIpc) is 3.23. The largest absolute Gasteiger partial charge is 0.493 e. The molecule has 1 atom stereocenters. The number of hydrogen-bond donors (Lipinski definition) is 1. The van der Waals surface area contributed by atoms with Gasteiger partial charge in [-0.3, -0.25) is 4.79 Å². The van der Waals surface area contributed by atoms with E-state index in [0.29, 0.717) is 23.2 Å². The molecule has 4 rings (SSSR count). The van der Waals surface area contributed by atoms with Gasteiger partial charge in [0, 0.05) is 24.1 Å². The highest BCUT2D eigenvalue weighted by Crippen LogP contribution is 2.27. The van der Waals surface area contributed by atoms with Crippen molar-refractivity contribution < 1.29 is 31.8 Å². The van der Waals surface area contributed by atoms with Crippen LogP contribution in [0.1, 0.15) is 53.9 Å². The minimum atomic E-state index is -0.996. The summed E-state index contributed by atoms with van der Waals surface area (Å²) in [7, 11) is 0. The van der Waals surface area contributed by atoms with Gasteiger partial charge >= 0.3 is 0 Å². The third kappa shape index (κ3) is 6.38. The van der Waals surface area contributed by atoms with E-state index in [9.17, 15) is 22.4 Å². The normalized spacial score (nSPS) is 12.8. The van der Waals surface area contributed by atoms with Gasteiger partial charge in [-0.2, -0.15) is 9.61 Å². The van der Waals surface area contributed by atoms with Crippen molar-refractivity contribution in [1.82, 2.24) is 14.9 Å². The molecule has 2 aromatic heterocycles. The fourth-order valence-corrected chi connectivity index (χ4v) is 4.58. The third-order valence-corrected chi connectivity index (χ3v) is 6.68. The summed E-state index contributed by atoms with van der Waals surface area (Å²) in [5.41, 5.74) is 1.32. The lowest BCUT2D eigenvalue weighted by Crippen LogP contribution is -2.39. The van der Waals surface area contributed by atoms with Crippen LogP contribution in [0.15, 0.2) is 48.5 Å². The minimum absolute atomic E-state index is 0.170. The first kappa shape index (κ1) is 28.9. The molecule has 0 radical (unpaired) electrons. The van der Waals surface area contributed by atoms with E-state index in [2.05, 4.69) is 10.4 Å². The smallest absolute Gasteiger partial charge is 0.255 e. The first-order valence-corrected chi connectivity index (χ1v) is 12.9. The summed E-state index contributed by atoms with van der Waals surface area (Å²) < 4.78 is 68.0. The molecule has 212 valence electrons. The molecule has 0 fully saturated rings. The average molecular weight is 558 g/mol. The SMILES string of the molecule is CCCC(C)(CNC(=O)c1c(C)nn2c(OCc3c(F)cccc3F)cc(C)cc12)COc1ccc(F)c(F)c1. The van der Waals surface area contributed by atoms with E-state index in [0.717, 1.165) is 36.2 Å². The molecule has 2 aromatic carbocycles. The molecule has 0 aliphatic rings. The van der Waals surface area contributed by atoms with Crippen LogP contribution in [0.2, 0.25) is 0 Å². The second-order valence-electron chi connectivity index (χ2n) is 10.2. The van der Waals surface area contributed by atoms with Crippen LogP contribution in [0.3, 0.4) is 0 Å². The molecule has 0 aliphatic carbocycles. The molecule has 1 N–H and O–H groups in total. The Morgan fingerprint density at radius 1 is 0.975 bits per heavy atom. The van der Waals surface area contributed by atoms with Gasteiger partial charge in [-0.25, -0.2) is 17.6 Å². The lowest BCUT2D eigenvalue weighted by atomic mass is 9.86. The number of rotatable bonds is 11. The third-order valence-electron chi connectivity index (χ3n) is 6.68. The Hall–Kier alpha value is -4.08. The highest BCUT2D eigenvalue weighted by molar-refractivity contribution is 6.02. The highest BCUT2D eigenvalue weighted by atomic mass is 19.2. The van der Waals surface area contributed by atoms with Crippen LogP contribution in [0.4, 0.5) is 17.6 Å². The topological polar surface area (TPSA) is 64.9 Å². The Bertz CT molecular complexity index is 1520. The number of nitrogens with one attached hydrogen (secondary N) is 1. The van der Waals surface area contributed by atoms with E-state index in [1.54, 1.807) is 19.1 Å². The van der Waals surface area contributed by atoms with Gasteiger partial charge in [-0.05, 0) is 56.2 Å². The van der Waals surface area contributed by atoms with Crippen LogP contribution in [0.25, 0.3) is 5.52 Å². The van der Waals surface area contributed by atoms with Crippen molar-refractivity contribution in [2.45, 2.75) is 47.1 Å². The van der Waals surface area contributed by atoms with Crippen LogP contribution in [-0.2, 0) is 6.61 Å². The Balaban J connectivity index is 1.52. The van der Waals surface area contributed by atoms with Crippen LogP contribution in [0, 0.1) is 42.5 Å². The van der Waals surface area contributed by atoms with E-state index in [4.69, 9.17) is 9.47 Å². The van der Waals surface area contributed by atoms with Crippen LogP contribution >= 0.6 is 0 Å². The Kier molecular flexibility index (Phi) is 8.66. The van der Waals surface area contributed by atoms with Crippen LogP contribution in [-0.4, -0.2) is 28.7 Å². The lowest BCUT2D eigenvalue weighted by Gasteiger charge is -2.29. The number of nitrogens with zero attached hydrogens (tertiary/aromatic N) is 2. The first-order chi connectivity index (χ1) is 19.0. The molecule has 0 aliphatic heterocycles. The quantitative estimate of drug-likeness (QED) is 0.209. The Morgan fingerprint density at radius 3 is 2.38 bits per heavy atom. The second kappa shape index (κ2) is 12.0. The summed E-state index contributed by atoms with van der Waals surface area (Å²) in [6.07, 6.45) is 1.51. The van der Waals surface area contributed by atoms with Gasteiger partial charge in [0.15, 0.2) is 11.6 Å². The Labute approximate surface area is 229 Å². The molecule has 40 heavy (non-hydrogen) atoms. The number of aromatic nitrogens is 2. The molecule has 0 spiro atoms. The van der Waals surface area contributed by atoms with Crippen molar-refractivity contribution >= 4 is 11.4 Å². The number of hydrogen-bond acceptors (Lipinski definition) is 4. The highest BCUT2D eigenvalue weighted by Gasteiger charge is 2.28. The fourth-order valence-electron chi connectivity index (χ4n) is 4.58. The number of ether oxygens (including phenoxy) is 2. The van der Waals surface area contributed by atoms with Crippen molar-refractivity contribution in [3.63, 3.8) is 0 Å². The zero-order valence-corrected chi connectivity index (χ0v) is 22.8. The zero-order chi connectivity index (χ0) is 29.0. The molecule has 6 nitrogen and oxygen atoms in total. The van der Waals surface area contributed by atoms with E-state index in [1.807, 2.05) is 20.8 Å². The number of amides is 1. The molecular formula is C30H31F4N3O3. The fraction of sp³-hybridized carbons (Fsp3) is 0.333. The number of pyridine rings is 1. The van der Waals surface area contributed by atoms with E-state index in [-0.39, 0.29) is 42.9 Å². The second-order valence-corrected chi connectivity index (χ2v) is 10.2. The summed E-state index contributed by atoms with van der Waals surface area (Å²) in [5.74, 6) is -3.32. The van der Waals surface area contributed by atoms with Crippen LogP contribution in [0.5, 0.6) is 11.6 Å². The number of carbonyl (C=O) groups is 1. The number of fused-ring (bicyclic) bond motifs is 1. The molecular weight excluding hydrogens is 526 g/mol. The number of aryl methyl sites for hydroxylation is 2. The molecule has 2 heterocycles. The van der Waals surface area contributed by atoms with Gasteiger partial charge in [-0.1, -0.05) is 26.3 Å². The van der Waals surface area contributed by atoms with Crippen LogP contribution < -0.4 is 14.8 Å². The molecule has 0 bridgehead atoms. The lowest BCUT2D eigenvalue weighted by molar-refractivity contribution is 0.0900. The number of halogens is 4. The summed E-state index contributed by atoms with van der Waals surface area (Å²) in [5, 5.41) is 7.42. The predicted molar refractivity (Wildman–Crippen MR) is 143 cm³/mol. The van der Waals surface area contributed by atoms with Gasteiger partial charge in [0.1, 0.15) is 24.0 Å². The Morgan fingerprint density at radius 2 is 1.70 bits per heavy atom. The zero-order valence-electron chi connectivity index (χ0n) is 22.8. The number of carbonyl (C=O) groups excluding carboxylic acids is 1. The summed E-state index contributed by atoms with van der Waals surface area (Å²) >= 11 is 0. The van der Waals surface area contributed by atoms with Gasteiger partial charge in [0.05, 0.1) is 28.9 Å². The minimum Gasteiger partial charge on any atom is -0.493 e. The van der Waals surface area contributed by atoms with Crippen molar-refractivity contribution in [2.24, 2.45) is 5.41 Å². The van der Waals surface area contributed by atoms with E-state index < -0.39 is 28.7 Å².